The van der Waals surface area contributed by atoms with Gasteiger partial charge in [0.05, 0.1) is 16.1 Å². The minimum atomic E-state index is 0.00744. The summed E-state index contributed by atoms with van der Waals surface area (Å²) in [5.41, 5.74) is 9.74. The Morgan fingerprint density at radius 2 is 1.33 bits per heavy atom. The Balaban J connectivity index is 0.000000174. The summed E-state index contributed by atoms with van der Waals surface area (Å²) in [6, 6.07) is 25.2. The van der Waals surface area contributed by atoms with Crippen molar-refractivity contribution in [1.82, 2.24) is 39.4 Å². The van der Waals surface area contributed by atoms with Crippen LogP contribution >= 0.6 is 23.5 Å². The van der Waals surface area contributed by atoms with E-state index in [2.05, 4.69) is 137 Å². The van der Waals surface area contributed by atoms with Crippen molar-refractivity contribution >= 4 is 63.0 Å². The van der Waals surface area contributed by atoms with Gasteiger partial charge in [0.1, 0.15) is 0 Å². The Labute approximate surface area is 383 Å². The number of carbonyl (C=O) groups is 2. The second kappa shape index (κ2) is 19.4. The molecule has 5 aromatic rings. The molecule has 0 unspecified atom stereocenters. The molecule has 2 aliphatic heterocycles. The van der Waals surface area contributed by atoms with E-state index < -0.39 is 0 Å². The summed E-state index contributed by atoms with van der Waals surface area (Å²) in [4.78, 5) is 35.3. The highest BCUT2D eigenvalue weighted by atomic mass is 32.2. The number of hydrogen-bond donors (Lipinski definition) is 2. The molecule has 2 N–H and O–H groups in total. The van der Waals surface area contributed by atoms with Gasteiger partial charge >= 0.3 is 12.1 Å². The van der Waals surface area contributed by atoms with Crippen LogP contribution in [-0.4, -0.2) is 124 Å². The van der Waals surface area contributed by atoms with E-state index in [0.29, 0.717) is 18.0 Å². The van der Waals surface area contributed by atoms with Gasteiger partial charge in [0.2, 0.25) is 0 Å². The van der Waals surface area contributed by atoms with Gasteiger partial charge in [-0.1, -0.05) is 67.2 Å². The maximum absolute atomic E-state index is 12.7. The Morgan fingerprint density at radius 3 is 2.02 bits per heavy atom. The lowest BCUT2D eigenvalue weighted by Crippen LogP contribution is -2.56. The molecule has 0 radical (unpaired) electrons. The number of benzene rings is 3. The maximum Gasteiger partial charge on any atom is 0.317 e. The zero-order valence-corrected chi connectivity index (χ0v) is 40.5. The quantitative estimate of drug-likeness (QED) is 0.129. The van der Waals surface area contributed by atoms with Crippen LogP contribution in [0.4, 0.5) is 9.59 Å². The van der Waals surface area contributed by atoms with E-state index in [4.69, 9.17) is 0 Å². The normalized spacial score (nSPS) is 21.5. The molecule has 4 amide bonds. The Kier molecular flexibility index (Phi) is 13.9. The van der Waals surface area contributed by atoms with Crippen LogP contribution in [0, 0.1) is 0 Å². The number of amides is 4. The van der Waals surface area contributed by atoms with Gasteiger partial charge in [0.25, 0.3) is 0 Å². The molecule has 63 heavy (non-hydrogen) atoms. The predicted molar refractivity (Wildman–Crippen MR) is 263 cm³/mol. The van der Waals surface area contributed by atoms with Gasteiger partial charge in [0.15, 0.2) is 0 Å². The number of fused-ring (bicyclic) bond motifs is 4. The lowest BCUT2D eigenvalue weighted by atomic mass is 9.74. The highest BCUT2D eigenvalue weighted by Crippen LogP contribution is 2.48. The topological polar surface area (TPSA) is 81.0 Å². The molecule has 3 aromatic carbocycles. The van der Waals surface area contributed by atoms with Gasteiger partial charge in [0, 0.05) is 104 Å². The third-order valence-electron chi connectivity index (χ3n) is 14.1. The third-order valence-corrected chi connectivity index (χ3v) is 16.7. The summed E-state index contributed by atoms with van der Waals surface area (Å²) in [5, 5.41) is 12.2. The molecule has 4 aliphatic rings. The predicted octanol–water partition coefficient (Wildman–Crippen LogP) is 9.45. The second-order valence-corrected chi connectivity index (χ2v) is 19.9. The fourth-order valence-electron chi connectivity index (χ4n) is 10.9. The number of likely N-dealkylation sites (tertiary alicyclic amines) is 1. The van der Waals surface area contributed by atoms with E-state index in [-0.39, 0.29) is 24.1 Å². The average molecular weight is 889 g/mol. The number of nitrogens with one attached hydrogen (secondary N) is 2. The molecule has 336 valence electrons. The first-order valence-corrected chi connectivity index (χ1v) is 25.1. The van der Waals surface area contributed by atoms with Crippen molar-refractivity contribution in [2.45, 2.75) is 105 Å². The van der Waals surface area contributed by atoms with Crippen LogP contribution in [0.2, 0.25) is 0 Å². The van der Waals surface area contributed by atoms with Crippen LogP contribution in [0.5, 0.6) is 0 Å². The van der Waals surface area contributed by atoms with E-state index in [1.54, 1.807) is 5.56 Å². The number of hydrogen-bond acceptors (Lipinski definition) is 6. The van der Waals surface area contributed by atoms with Gasteiger partial charge < -0.3 is 34.5 Å². The first kappa shape index (κ1) is 45.2. The maximum atomic E-state index is 12.7. The zero-order valence-electron chi connectivity index (χ0n) is 38.9. The molecule has 2 aliphatic carbocycles. The largest absolute Gasteiger partial charge is 0.339 e. The molecule has 0 spiro atoms. The molecule has 12 heteroatoms. The second-order valence-electron chi connectivity index (χ2n) is 17.8. The lowest BCUT2D eigenvalue weighted by molar-refractivity contribution is 0.123. The fourth-order valence-corrected chi connectivity index (χ4v) is 13.0. The van der Waals surface area contributed by atoms with Crippen LogP contribution < -0.4 is 10.6 Å². The van der Waals surface area contributed by atoms with Gasteiger partial charge in [-0.05, 0) is 125 Å². The number of likely N-dealkylation sites (N-methyl/N-ethyl adjacent to an activating group) is 2. The molecule has 9 rings (SSSR count). The monoisotopic (exact) mass is 888 g/mol. The van der Waals surface area contributed by atoms with Crippen molar-refractivity contribution in [1.29, 1.82) is 0 Å². The zero-order chi connectivity index (χ0) is 44.5. The van der Waals surface area contributed by atoms with Crippen LogP contribution in [0.25, 0.3) is 27.4 Å². The Morgan fingerprint density at radius 1 is 0.698 bits per heavy atom. The molecule has 10 nitrogen and oxygen atoms in total. The highest BCUT2D eigenvalue weighted by Gasteiger charge is 2.42. The van der Waals surface area contributed by atoms with E-state index in [9.17, 15) is 9.59 Å². The van der Waals surface area contributed by atoms with E-state index in [1.165, 1.54) is 65.4 Å². The minimum Gasteiger partial charge on any atom is -0.339 e. The van der Waals surface area contributed by atoms with Gasteiger partial charge in [-0.25, -0.2) is 9.59 Å². The SMILES string of the molecule is CCCSc1c2c3c(cccc3n1C)[C@H]1C[C@H](NC(=O)N(CC)CC)CN(C)[C@@H]1C2.CCN(CC)C(=O)N[C@H]1C=C2c3cccc4c3c(c(Sc3ccccc3)n4C)C[C@H]2N(C)C1. The number of nitrogens with zero attached hydrogens (tertiary/aromatic N) is 6. The number of thioether (sulfide) groups is 1. The standard InChI is InChI=1S/C27H32N4OS.C24H36N4OS/c1-5-31(6-2)27(32)28-18-15-21-20-13-10-14-23-25(20)22(16-24(21)29(3)17-18)26(30(23)4)33-19-11-8-7-9-12-19;1-6-12-30-23-19-14-21-18(17-10-9-11-20(22(17)19)27(23)5)13-16(15-26(21)4)25-24(29)28(7-2)8-3/h7-15,18,24H,5-6,16-17H2,1-4H3,(H,28,32);9-11,16,18,21H,6-8,12-15H2,1-5H3,(H,25,29)/t18-,24+;16-,18+,21+/m00/s1. The van der Waals surface area contributed by atoms with Crippen LogP contribution in [0.1, 0.15) is 75.6 Å². The number of carbonyl (C=O) groups excluding carboxylic acids is 2. The Bertz CT molecular complexity index is 2470. The number of piperidine rings is 1. The van der Waals surface area contributed by atoms with E-state index in [0.717, 1.165) is 64.3 Å². The minimum absolute atomic E-state index is 0.00744. The van der Waals surface area contributed by atoms with Crippen LogP contribution in [0.3, 0.4) is 0 Å². The van der Waals surface area contributed by atoms with Crippen LogP contribution in [-0.2, 0) is 26.9 Å². The fraction of sp³-hybridized carbons (Fsp3) is 0.490. The Hall–Kier alpha value is -4.36. The van der Waals surface area contributed by atoms with Gasteiger partial charge in [-0.3, -0.25) is 4.90 Å². The molecule has 1 fully saturated rings. The first-order valence-electron chi connectivity index (χ1n) is 23.3. The number of urea groups is 2. The lowest BCUT2D eigenvalue weighted by Gasteiger charge is -2.46. The molecule has 2 aromatic heterocycles. The van der Waals surface area contributed by atoms with Gasteiger partial charge in [-0.2, -0.15) is 0 Å². The van der Waals surface area contributed by atoms with Crippen molar-refractivity contribution in [2.24, 2.45) is 14.1 Å². The summed E-state index contributed by atoms with van der Waals surface area (Å²) < 4.78 is 4.76. The first-order chi connectivity index (χ1) is 30.5. The molecule has 1 saturated heterocycles. The molecule has 5 atom stereocenters. The van der Waals surface area contributed by atoms with Gasteiger partial charge in [-0.15, -0.1) is 11.8 Å². The summed E-state index contributed by atoms with van der Waals surface area (Å²) in [7, 11) is 8.83. The molecule has 0 saturated carbocycles. The number of rotatable bonds is 11. The summed E-state index contributed by atoms with van der Waals surface area (Å²) in [5.74, 6) is 1.63. The molecule has 0 bridgehead atoms. The third kappa shape index (κ3) is 8.65. The highest BCUT2D eigenvalue weighted by molar-refractivity contribution is 7.99. The molecular formula is C51H68N8O2S2. The smallest absolute Gasteiger partial charge is 0.317 e. The van der Waals surface area contributed by atoms with Crippen molar-refractivity contribution in [2.75, 3.05) is 59.1 Å². The van der Waals surface area contributed by atoms with Crippen molar-refractivity contribution in [3.8, 4) is 0 Å². The summed E-state index contributed by atoms with van der Waals surface area (Å²) >= 11 is 3.86. The van der Waals surface area contributed by atoms with Crippen molar-refractivity contribution in [3.63, 3.8) is 0 Å². The van der Waals surface area contributed by atoms with E-state index in [1.807, 2.05) is 61.0 Å². The summed E-state index contributed by atoms with van der Waals surface area (Å²) in [6.07, 6.45) is 6.62. The molecule has 4 heterocycles. The number of aryl methyl sites for hydroxylation is 2. The number of aromatic nitrogens is 2. The summed E-state index contributed by atoms with van der Waals surface area (Å²) in [6.45, 7) is 15.1. The van der Waals surface area contributed by atoms with Crippen LogP contribution in [0.15, 0.2) is 87.8 Å². The van der Waals surface area contributed by atoms with E-state index >= 15 is 0 Å². The van der Waals surface area contributed by atoms with Crippen molar-refractivity contribution in [3.05, 3.63) is 95.1 Å². The molecular weight excluding hydrogens is 821 g/mol. The van der Waals surface area contributed by atoms with Crippen molar-refractivity contribution < 1.29 is 9.59 Å². The average Bonchev–Trinajstić information content (AvgIpc) is 3.71.